The first-order chi connectivity index (χ1) is 33.5. The highest BCUT2D eigenvalue weighted by Gasteiger charge is 2.47. The van der Waals surface area contributed by atoms with Crippen molar-refractivity contribution in [1.29, 1.82) is 0 Å². The minimum atomic E-state index is -6.13. The second-order valence-corrected chi connectivity index (χ2v) is 17.1. The van der Waals surface area contributed by atoms with Crippen LogP contribution in [0, 0.1) is 5.92 Å². The van der Waals surface area contributed by atoms with Crippen LogP contribution in [-0.4, -0.2) is 6.15 Å². The standard InChI is InChI=1S/C32H12BF24.C16H20N/c34-25(35,36)13-1-14(26(37,38)39)6-21(5-13)33(22-7-15(27(40,41)42)2-16(8-22)28(43,44)45,23-9-17(29(46,47)48)3-18(10-23)30(49,50)51)24-11-19(31(52,53)54)4-20(12-24)32(55,56)57;1-14(2)12-16-10-6-7-11-17(16)13-15-8-4-3-5-9-15/h1-12H;3-11,14H,12-13H2,1-2H3/q-1;+1. The van der Waals surface area contributed by atoms with Gasteiger partial charge in [-0.1, -0.05) is 98.8 Å². The molecule has 1 heterocycles. The van der Waals surface area contributed by atoms with Crippen LogP contribution in [0.25, 0.3) is 0 Å². The summed E-state index contributed by atoms with van der Waals surface area (Å²) in [4.78, 5) is 0. The molecule has 0 aliphatic rings. The van der Waals surface area contributed by atoms with Gasteiger partial charge in [0.15, 0.2) is 18.4 Å². The average molecular weight is 1090 g/mol. The van der Waals surface area contributed by atoms with Gasteiger partial charge < -0.3 is 0 Å². The Kier molecular flexibility index (Phi) is 16.1. The van der Waals surface area contributed by atoms with Crippen molar-refractivity contribution in [3.05, 3.63) is 183 Å². The fourth-order valence-electron chi connectivity index (χ4n) is 8.12. The number of benzene rings is 5. The molecule has 400 valence electrons. The van der Waals surface area contributed by atoms with E-state index in [1.54, 1.807) is 0 Å². The topological polar surface area (TPSA) is 3.88 Å². The summed E-state index contributed by atoms with van der Waals surface area (Å²) < 4.78 is 343. The molecule has 1 nitrogen and oxygen atoms in total. The van der Waals surface area contributed by atoms with E-state index in [0.717, 1.165) is 13.0 Å². The molecule has 74 heavy (non-hydrogen) atoms. The molecule has 0 saturated heterocycles. The molecule has 1 aromatic heterocycles. The third-order valence-corrected chi connectivity index (χ3v) is 11.3. The van der Waals surface area contributed by atoms with Crippen molar-refractivity contribution < 1.29 is 110 Å². The number of nitrogens with zero attached hydrogens (tertiary/aromatic N) is 1. The average Bonchev–Trinajstić information content (AvgIpc) is 3.25. The van der Waals surface area contributed by atoms with Gasteiger partial charge in [-0.05, 0) is 30.2 Å². The predicted octanol–water partition coefficient (Wildman–Crippen LogP) is 14.4. The number of hydrogen-bond acceptors (Lipinski definition) is 0. The quantitative estimate of drug-likeness (QED) is 0.0812. The van der Waals surface area contributed by atoms with Crippen molar-refractivity contribution in [1.82, 2.24) is 0 Å². The Balaban J connectivity index is 0.000000500. The Morgan fingerprint density at radius 2 is 0.581 bits per heavy atom. The van der Waals surface area contributed by atoms with Crippen molar-refractivity contribution in [2.75, 3.05) is 0 Å². The molecular formula is C48H32BF24N. The Labute approximate surface area is 403 Å². The van der Waals surface area contributed by atoms with E-state index in [9.17, 15) is 105 Å². The van der Waals surface area contributed by atoms with Gasteiger partial charge in [0.2, 0.25) is 0 Å². The minimum absolute atomic E-state index is 0.691. The fraction of sp³-hybridized carbons (Fsp3) is 0.271. The van der Waals surface area contributed by atoms with Crippen LogP contribution in [-0.2, 0) is 62.4 Å². The third-order valence-electron chi connectivity index (χ3n) is 11.3. The summed E-state index contributed by atoms with van der Waals surface area (Å²) in [5.41, 5.74) is -27.4. The molecule has 0 radical (unpaired) electrons. The maximum Gasteiger partial charge on any atom is 0.416 e. The second-order valence-electron chi connectivity index (χ2n) is 17.1. The maximum atomic E-state index is 14.2. The predicted molar refractivity (Wildman–Crippen MR) is 221 cm³/mol. The van der Waals surface area contributed by atoms with E-state index in [4.69, 9.17) is 0 Å². The monoisotopic (exact) mass is 1090 g/mol. The van der Waals surface area contributed by atoms with Gasteiger partial charge in [-0.25, -0.2) is 0 Å². The van der Waals surface area contributed by atoms with E-state index in [-0.39, 0.29) is 0 Å². The number of rotatable bonds is 8. The van der Waals surface area contributed by atoms with Crippen LogP contribution in [0.1, 0.15) is 69.6 Å². The van der Waals surface area contributed by atoms with Gasteiger partial charge in [0.25, 0.3) is 0 Å². The molecular weight excluding hydrogens is 1060 g/mol. The summed E-state index contributed by atoms with van der Waals surface area (Å²) in [7, 11) is 0. The highest BCUT2D eigenvalue weighted by Crippen LogP contribution is 2.41. The SMILES string of the molecule is CC(C)Cc1cccc[n+]1Cc1ccccc1.FC(F)(F)c1cc([B-](c2cc(C(F)(F)F)cc(C(F)(F)F)c2)(c2cc(C(F)(F)F)cc(C(F)(F)F)c2)c2cc(C(F)(F)F)cc(C(F)(F)F)c2)cc(C(F)(F)F)c1. The summed E-state index contributed by atoms with van der Waals surface area (Å²) in [6.07, 6.45) is -51.5. The van der Waals surface area contributed by atoms with Gasteiger partial charge in [-0.2, -0.15) is 132 Å². The molecule has 0 amide bonds. The first-order valence-corrected chi connectivity index (χ1v) is 20.9. The zero-order chi connectivity index (χ0) is 56.0. The lowest BCUT2D eigenvalue weighted by atomic mass is 9.12. The summed E-state index contributed by atoms with van der Waals surface area (Å²) >= 11 is 0. The summed E-state index contributed by atoms with van der Waals surface area (Å²) in [5.74, 6) is 0.694. The van der Waals surface area contributed by atoms with Crippen molar-refractivity contribution in [2.45, 2.75) is 76.2 Å². The molecule has 0 bridgehead atoms. The molecule has 0 fully saturated rings. The van der Waals surface area contributed by atoms with Crippen LogP contribution in [0.2, 0.25) is 0 Å². The number of pyridine rings is 1. The van der Waals surface area contributed by atoms with Crippen molar-refractivity contribution in [2.24, 2.45) is 5.92 Å². The molecule has 0 N–H and O–H groups in total. The van der Waals surface area contributed by atoms with Gasteiger partial charge in [0, 0.05) is 24.1 Å². The number of aromatic nitrogens is 1. The molecule has 0 saturated carbocycles. The van der Waals surface area contributed by atoms with Crippen molar-refractivity contribution in [3.63, 3.8) is 0 Å². The van der Waals surface area contributed by atoms with E-state index in [1.807, 2.05) is 0 Å². The van der Waals surface area contributed by atoms with Crippen molar-refractivity contribution >= 4 is 28.0 Å². The van der Waals surface area contributed by atoms with Crippen molar-refractivity contribution in [3.8, 4) is 0 Å². The lowest BCUT2D eigenvalue weighted by Crippen LogP contribution is -2.75. The lowest BCUT2D eigenvalue weighted by molar-refractivity contribution is -0.696. The van der Waals surface area contributed by atoms with Gasteiger partial charge in [0.1, 0.15) is 6.15 Å². The molecule has 0 aliphatic carbocycles. The zero-order valence-electron chi connectivity index (χ0n) is 37.2. The smallest absolute Gasteiger partial charge is 0.198 e. The summed E-state index contributed by atoms with van der Waals surface area (Å²) in [6.45, 7) is 5.49. The van der Waals surface area contributed by atoms with Crippen LogP contribution in [0.3, 0.4) is 0 Å². The van der Waals surface area contributed by atoms with Crippen LogP contribution in [0.15, 0.2) is 128 Å². The summed E-state index contributed by atoms with van der Waals surface area (Å²) in [5, 5.41) is 0. The molecule has 0 atom stereocenters. The van der Waals surface area contributed by atoms with E-state index in [2.05, 4.69) is 73.1 Å². The maximum absolute atomic E-state index is 14.2. The van der Waals surface area contributed by atoms with Crippen LogP contribution < -0.4 is 26.4 Å². The van der Waals surface area contributed by atoms with Crippen LogP contribution >= 0.6 is 0 Å². The van der Waals surface area contributed by atoms with E-state index >= 15 is 0 Å². The molecule has 6 rings (SSSR count). The first kappa shape index (κ1) is 58.5. The summed E-state index contributed by atoms with van der Waals surface area (Å²) in [6, 6.07) is 8.26. The van der Waals surface area contributed by atoms with Gasteiger partial charge in [0.05, 0.1) is 44.5 Å². The molecule has 0 unspecified atom stereocenters. The van der Waals surface area contributed by atoms with Crippen LogP contribution in [0.4, 0.5) is 105 Å². The second kappa shape index (κ2) is 20.4. The number of hydrogen-bond donors (Lipinski definition) is 0. The van der Waals surface area contributed by atoms with Crippen LogP contribution in [0.5, 0.6) is 0 Å². The Morgan fingerprint density at radius 1 is 0.338 bits per heavy atom. The molecule has 26 heteroatoms. The number of halogens is 24. The van der Waals surface area contributed by atoms with Gasteiger partial charge in [-0.3, -0.25) is 0 Å². The molecule has 5 aromatic carbocycles. The molecule has 0 aliphatic heterocycles. The third kappa shape index (κ3) is 13.9. The highest BCUT2D eigenvalue weighted by atomic mass is 19.4. The zero-order valence-corrected chi connectivity index (χ0v) is 37.2. The van der Waals surface area contributed by atoms with E-state index < -0.39 is 195 Å². The van der Waals surface area contributed by atoms with E-state index in [1.165, 1.54) is 11.3 Å². The minimum Gasteiger partial charge on any atom is -0.198 e. The Hall–Kier alpha value is -6.37. The first-order valence-electron chi connectivity index (χ1n) is 20.9. The Bertz CT molecular complexity index is 2480. The Morgan fingerprint density at radius 3 is 0.811 bits per heavy atom. The van der Waals surface area contributed by atoms with Gasteiger partial charge >= 0.3 is 49.4 Å². The number of alkyl halides is 24. The highest BCUT2D eigenvalue weighted by molar-refractivity contribution is 7.20. The lowest BCUT2D eigenvalue weighted by Gasteiger charge is -2.46. The molecule has 0 spiro atoms. The normalized spacial score (nSPS) is 13.5. The largest absolute Gasteiger partial charge is 0.416 e. The molecule has 6 aromatic rings. The van der Waals surface area contributed by atoms with E-state index in [0.29, 0.717) is 5.92 Å². The fourth-order valence-corrected chi connectivity index (χ4v) is 8.12. The van der Waals surface area contributed by atoms with Gasteiger partial charge in [-0.15, -0.1) is 0 Å².